The van der Waals surface area contributed by atoms with E-state index >= 15 is 0 Å². The van der Waals surface area contributed by atoms with E-state index in [1.165, 1.54) is 0 Å². The van der Waals surface area contributed by atoms with E-state index in [2.05, 4.69) is 19.8 Å². The summed E-state index contributed by atoms with van der Waals surface area (Å²) in [7, 11) is 0. The van der Waals surface area contributed by atoms with Crippen LogP contribution in [0.3, 0.4) is 0 Å². The van der Waals surface area contributed by atoms with Crippen LogP contribution in [0.5, 0.6) is 0 Å². The van der Waals surface area contributed by atoms with Crippen molar-refractivity contribution >= 4 is 37.2 Å². The lowest BCUT2D eigenvalue weighted by molar-refractivity contribution is 0.128. The Morgan fingerprint density at radius 1 is 1.11 bits per heavy atom. The average molecular weight is 319 g/mol. The molecule has 2 heterocycles. The second kappa shape index (κ2) is 10.8. The summed E-state index contributed by atoms with van der Waals surface area (Å²) in [6, 6.07) is 0. The number of halogens is 3. The van der Waals surface area contributed by atoms with Gasteiger partial charge in [-0.05, 0) is 0 Å². The van der Waals surface area contributed by atoms with Crippen molar-refractivity contribution in [2.75, 3.05) is 39.3 Å². The Kier molecular flexibility index (Phi) is 12.2. The Hall–Kier alpha value is -0.0400. The SMILES string of the molecule is Cl.Cl.Cl.NCCN1CCN(Cc2ncc[nH]2)CC1. The molecule has 0 radical (unpaired) electrons. The number of rotatable bonds is 4. The van der Waals surface area contributed by atoms with Crippen LogP contribution in [0, 0.1) is 0 Å². The molecule has 0 atom stereocenters. The number of piperazine rings is 1. The summed E-state index contributed by atoms with van der Waals surface area (Å²) in [5.41, 5.74) is 5.53. The molecule has 0 spiro atoms. The quantitative estimate of drug-likeness (QED) is 0.860. The van der Waals surface area contributed by atoms with E-state index in [0.717, 1.165) is 51.6 Å². The minimum absolute atomic E-state index is 0. The van der Waals surface area contributed by atoms with Crippen molar-refractivity contribution in [3.8, 4) is 0 Å². The zero-order valence-corrected chi connectivity index (χ0v) is 12.7. The normalized spacial score (nSPS) is 16.3. The summed E-state index contributed by atoms with van der Waals surface area (Å²) >= 11 is 0. The van der Waals surface area contributed by atoms with Crippen LogP contribution in [0.15, 0.2) is 12.4 Å². The van der Waals surface area contributed by atoms with Crippen molar-refractivity contribution < 1.29 is 0 Å². The third kappa shape index (κ3) is 6.22. The number of aromatic amines is 1. The first-order valence-corrected chi connectivity index (χ1v) is 5.51. The highest BCUT2D eigenvalue weighted by atomic mass is 35.5. The minimum Gasteiger partial charge on any atom is -0.348 e. The van der Waals surface area contributed by atoms with Gasteiger partial charge in [-0.2, -0.15) is 0 Å². The van der Waals surface area contributed by atoms with Crippen LogP contribution in [-0.2, 0) is 6.54 Å². The topological polar surface area (TPSA) is 61.2 Å². The summed E-state index contributed by atoms with van der Waals surface area (Å²) in [6.45, 7) is 7.19. The molecule has 0 saturated carbocycles. The van der Waals surface area contributed by atoms with Gasteiger partial charge in [-0.1, -0.05) is 0 Å². The number of hydrogen-bond acceptors (Lipinski definition) is 4. The monoisotopic (exact) mass is 317 g/mol. The van der Waals surface area contributed by atoms with Crippen LogP contribution in [0.2, 0.25) is 0 Å². The van der Waals surface area contributed by atoms with Crippen LogP contribution >= 0.6 is 37.2 Å². The first-order valence-electron chi connectivity index (χ1n) is 5.51. The van der Waals surface area contributed by atoms with Gasteiger partial charge in [0.2, 0.25) is 0 Å². The fourth-order valence-corrected chi connectivity index (χ4v) is 1.95. The smallest absolute Gasteiger partial charge is 0.120 e. The second-order valence-electron chi connectivity index (χ2n) is 3.94. The number of H-pyrrole nitrogens is 1. The number of aromatic nitrogens is 2. The predicted octanol–water partition coefficient (Wildman–Crippen LogP) is 0.751. The predicted molar refractivity (Wildman–Crippen MR) is 81.1 cm³/mol. The number of nitrogens with zero attached hydrogens (tertiary/aromatic N) is 3. The molecular weight excluding hydrogens is 297 g/mol. The van der Waals surface area contributed by atoms with E-state index in [9.17, 15) is 0 Å². The van der Waals surface area contributed by atoms with Crippen molar-refractivity contribution in [3.63, 3.8) is 0 Å². The van der Waals surface area contributed by atoms with E-state index in [-0.39, 0.29) is 37.2 Å². The maximum atomic E-state index is 5.53. The van der Waals surface area contributed by atoms with Gasteiger partial charge in [0, 0.05) is 51.7 Å². The van der Waals surface area contributed by atoms with Crippen molar-refractivity contribution in [1.82, 2.24) is 19.8 Å². The third-order valence-corrected chi connectivity index (χ3v) is 2.84. The fourth-order valence-electron chi connectivity index (χ4n) is 1.95. The van der Waals surface area contributed by atoms with E-state index in [1.54, 1.807) is 6.20 Å². The van der Waals surface area contributed by atoms with E-state index in [0.29, 0.717) is 0 Å². The third-order valence-electron chi connectivity index (χ3n) is 2.84. The zero-order valence-electron chi connectivity index (χ0n) is 10.2. The van der Waals surface area contributed by atoms with Crippen LogP contribution < -0.4 is 5.73 Å². The van der Waals surface area contributed by atoms with Crippen LogP contribution in [0.25, 0.3) is 0 Å². The van der Waals surface area contributed by atoms with Crippen molar-refractivity contribution in [3.05, 3.63) is 18.2 Å². The Morgan fingerprint density at radius 3 is 2.22 bits per heavy atom. The summed E-state index contributed by atoms with van der Waals surface area (Å²) in [5.74, 6) is 1.06. The molecule has 3 N–H and O–H groups in total. The molecule has 2 rings (SSSR count). The average Bonchev–Trinajstić information content (AvgIpc) is 2.74. The van der Waals surface area contributed by atoms with Crippen molar-refractivity contribution in [2.24, 2.45) is 5.73 Å². The molecule has 0 bridgehead atoms. The van der Waals surface area contributed by atoms with Crippen molar-refractivity contribution in [1.29, 1.82) is 0 Å². The number of nitrogens with two attached hydrogens (primary N) is 1. The molecule has 108 valence electrons. The highest BCUT2D eigenvalue weighted by molar-refractivity contribution is 5.86. The molecule has 0 aliphatic carbocycles. The molecule has 0 aromatic carbocycles. The molecule has 1 aliphatic rings. The van der Waals surface area contributed by atoms with Gasteiger partial charge in [-0.15, -0.1) is 37.2 Å². The second-order valence-corrected chi connectivity index (χ2v) is 3.94. The van der Waals surface area contributed by atoms with Crippen molar-refractivity contribution in [2.45, 2.75) is 6.54 Å². The Bertz CT molecular complexity index is 275. The summed E-state index contributed by atoms with van der Waals surface area (Å²) in [5, 5.41) is 0. The molecule has 0 amide bonds. The van der Waals surface area contributed by atoms with E-state index in [1.807, 2.05) is 6.20 Å². The van der Waals surface area contributed by atoms with Gasteiger partial charge in [0.05, 0.1) is 6.54 Å². The molecule has 1 aromatic heterocycles. The van der Waals surface area contributed by atoms with Crippen LogP contribution in [0.1, 0.15) is 5.82 Å². The van der Waals surface area contributed by atoms with Crippen LogP contribution in [-0.4, -0.2) is 59.0 Å². The van der Waals surface area contributed by atoms with Gasteiger partial charge >= 0.3 is 0 Å². The van der Waals surface area contributed by atoms with Gasteiger partial charge in [0.1, 0.15) is 5.82 Å². The molecule has 18 heavy (non-hydrogen) atoms. The van der Waals surface area contributed by atoms with E-state index in [4.69, 9.17) is 5.73 Å². The molecule has 1 saturated heterocycles. The lowest BCUT2D eigenvalue weighted by Gasteiger charge is -2.33. The molecule has 8 heteroatoms. The first kappa shape index (κ1) is 20.3. The first-order chi connectivity index (χ1) is 7.38. The van der Waals surface area contributed by atoms with Gasteiger partial charge in [-0.25, -0.2) is 4.98 Å². The molecule has 1 fully saturated rings. The number of hydrogen-bond donors (Lipinski definition) is 2. The maximum absolute atomic E-state index is 5.53. The lowest BCUT2D eigenvalue weighted by atomic mass is 10.3. The maximum Gasteiger partial charge on any atom is 0.120 e. The summed E-state index contributed by atoms with van der Waals surface area (Å²) in [4.78, 5) is 12.2. The fraction of sp³-hybridized carbons (Fsp3) is 0.700. The minimum atomic E-state index is 0. The molecular formula is C10H22Cl3N5. The molecule has 1 aromatic rings. The highest BCUT2D eigenvalue weighted by Gasteiger charge is 2.16. The zero-order chi connectivity index (χ0) is 10.5. The largest absolute Gasteiger partial charge is 0.348 e. The van der Waals surface area contributed by atoms with Gasteiger partial charge in [0.15, 0.2) is 0 Å². The molecule has 1 aliphatic heterocycles. The summed E-state index contributed by atoms with van der Waals surface area (Å²) in [6.07, 6.45) is 3.68. The number of imidazole rings is 1. The lowest BCUT2D eigenvalue weighted by Crippen LogP contribution is -2.47. The van der Waals surface area contributed by atoms with Gasteiger partial charge in [-0.3, -0.25) is 9.80 Å². The Morgan fingerprint density at radius 2 is 1.72 bits per heavy atom. The van der Waals surface area contributed by atoms with Crippen LogP contribution in [0.4, 0.5) is 0 Å². The van der Waals surface area contributed by atoms with Gasteiger partial charge < -0.3 is 10.7 Å². The number of nitrogens with one attached hydrogen (secondary N) is 1. The standard InChI is InChI=1S/C10H19N5.3ClH/c11-1-4-14-5-7-15(8-6-14)9-10-12-2-3-13-10;;;/h2-3H,1,4-9,11H2,(H,12,13);3*1H. The highest BCUT2D eigenvalue weighted by Crippen LogP contribution is 2.04. The van der Waals surface area contributed by atoms with Gasteiger partial charge in [0.25, 0.3) is 0 Å². The molecule has 5 nitrogen and oxygen atoms in total. The Labute approximate surface area is 127 Å². The summed E-state index contributed by atoms with van der Waals surface area (Å²) < 4.78 is 0. The van der Waals surface area contributed by atoms with E-state index < -0.39 is 0 Å². The Balaban J connectivity index is 0. The molecule has 0 unspecified atom stereocenters.